The van der Waals surface area contributed by atoms with E-state index in [1.807, 2.05) is 18.2 Å². The SMILES string of the molecule is COCCOCCC(O)CC1CCOc2ccccc21. The third-order valence-electron chi connectivity index (χ3n) is 3.67. The summed E-state index contributed by atoms with van der Waals surface area (Å²) in [5.74, 6) is 1.35. The van der Waals surface area contributed by atoms with E-state index in [1.54, 1.807) is 7.11 Å². The number of ether oxygens (including phenoxy) is 3. The van der Waals surface area contributed by atoms with Gasteiger partial charge < -0.3 is 19.3 Å². The number of aliphatic hydroxyl groups is 1. The first-order chi connectivity index (χ1) is 9.81. The van der Waals surface area contributed by atoms with Crippen molar-refractivity contribution in [1.82, 2.24) is 0 Å². The summed E-state index contributed by atoms with van der Waals surface area (Å²) in [4.78, 5) is 0. The van der Waals surface area contributed by atoms with Crippen LogP contribution in [-0.4, -0.2) is 44.7 Å². The van der Waals surface area contributed by atoms with Gasteiger partial charge in [0.15, 0.2) is 0 Å². The van der Waals surface area contributed by atoms with Gasteiger partial charge in [0.2, 0.25) is 0 Å². The van der Waals surface area contributed by atoms with Gasteiger partial charge in [0.25, 0.3) is 0 Å². The van der Waals surface area contributed by atoms with Gasteiger partial charge in [-0.1, -0.05) is 18.2 Å². The maximum atomic E-state index is 10.1. The van der Waals surface area contributed by atoms with Gasteiger partial charge in [0.05, 0.1) is 25.9 Å². The first kappa shape index (κ1) is 15.3. The predicted octanol–water partition coefficient (Wildman–Crippen LogP) is 2.36. The highest BCUT2D eigenvalue weighted by atomic mass is 16.5. The van der Waals surface area contributed by atoms with Crippen molar-refractivity contribution in [2.45, 2.75) is 31.3 Å². The molecule has 20 heavy (non-hydrogen) atoms. The molecule has 0 fully saturated rings. The average Bonchev–Trinajstić information content (AvgIpc) is 2.47. The molecule has 0 aliphatic carbocycles. The van der Waals surface area contributed by atoms with Crippen LogP contribution in [-0.2, 0) is 9.47 Å². The molecular weight excluding hydrogens is 256 g/mol. The van der Waals surface area contributed by atoms with Crippen molar-refractivity contribution < 1.29 is 19.3 Å². The number of aliphatic hydroxyl groups excluding tert-OH is 1. The Morgan fingerprint density at radius 3 is 3.00 bits per heavy atom. The van der Waals surface area contributed by atoms with Gasteiger partial charge in [-0.25, -0.2) is 0 Å². The van der Waals surface area contributed by atoms with Crippen LogP contribution in [0.25, 0.3) is 0 Å². The standard InChI is InChI=1S/C16H24O4/c1-18-10-11-19-8-7-14(17)12-13-6-9-20-16-5-3-2-4-15(13)16/h2-5,13-14,17H,6-12H2,1H3. The maximum Gasteiger partial charge on any atom is 0.122 e. The van der Waals surface area contributed by atoms with Crippen molar-refractivity contribution in [2.24, 2.45) is 0 Å². The third kappa shape index (κ3) is 4.47. The van der Waals surface area contributed by atoms with E-state index in [0.29, 0.717) is 32.2 Å². The third-order valence-corrected chi connectivity index (χ3v) is 3.67. The van der Waals surface area contributed by atoms with Gasteiger partial charge in [-0.15, -0.1) is 0 Å². The summed E-state index contributed by atoms with van der Waals surface area (Å²) in [6, 6.07) is 8.12. The highest BCUT2D eigenvalue weighted by Crippen LogP contribution is 2.36. The van der Waals surface area contributed by atoms with Crippen LogP contribution in [0.15, 0.2) is 24.3 Å². The van der Waals surface area contributed by atoms with Gasteiger partial charge >= 0.3 is 0 Å². The monoisotopic (exact) mass is 280 g/mol. The fourth-order valence-electron chi connectivity index (χ4n) is 2.57. The Balaban J connectivity index is 1.76. The lowest BCUT2D eigenvalue weighted by Gasteiger charge is -2.27. The number of rotatable bonds is 8. The van der Waals surface area contributed by atoms with Crippen molar-refractivity contribution in [3.63, 3.8) is 0 Å². The Bertz CT molecular complexity index is 394. The van der Waals surface area contributed by atoms with E-state index >= 15 is 0 Å². The Morgan fingerprint density at radius 2 is 2.15 bits per heavy atom. The van der Waals surface area contributed by atoms with E-state index in [1.165, 1.54) is 5.56 Å². The number of benzene rings is 1. The van der Waals surface area contributed by atoms with E-state index in [4.69, 9.17) is 14.2 Å². The Morgan fingerprint density at radius 1 is 1.30 bits per heavy atom. The van der Waals surface area contributed by atoms with Crippen molar-refractivity contribution in [3.8, 4) is 5.75 Å². The number of fused-ring (bicyclic) bond motifs is 1. The van der Waals surface area contributed by atoms with E-state index in [2.05, 4.69) is 6.07 Å². The van der Waals surface area contributed by atoms with Crippen molar-refractivity contribution >= 4 is 0 Å². The van der Waals surface area contributed by atoms with E-state index < -0.39 is 0 Å². The normalized spacial score (nSPS) is 19.2. The first-order valence-electron chi connectivity index (χ1n) is 7.27. The fraction of sp³-hybridized carbons (Fsp3) is 0.625. The van der Waals surface area contributed by atoms with E-state index in [9.17, 15) is 5.11 Å². The minimum atomic E-state index is -0.325. The molecule has 0 radical (unpaired) electrons. The lowest BCUT2D eigenvalue weighted by molar-refractivity contribution is 0.0432. The zero-order valence-corrected chi connectivity index (χ0v) is 12.1. The van der Waals surface area contributed by atoms with Crippen molar-refractivity contribution in [2.75, 3.05) is 33.5 Å². The molecule has 1 aliphatic heterocycles. The summed E-state index contributed by atoms with van der Waals surface area (Å²) in [5.41, 5.74) is 1.22. The molecule has 1 aromatic carbocycles. The van der Waals surface area contributed by atoms with Crippen LogP contribution >= 0.6 is 0 Å². The van der Waals surface area contributed by atoms with Crippen LogP contribution < -0.4 is 4.74 Å². The topological polar surface area (TPSA) is 47.9 Å². The molecular formula is C16H24O4. The Kier molecular flexibility index (Phi) is 6.30. The summed E-state index contributed by atoms with van der Waals surface area (Å²) in [6.07, 6.45) is 2.09. The minimum Gasteiger partial charge on any atom is -0.493 e. The van der Waals surface area contributed by atoms with E-state index in [-0.39, 0.29) is 6.10 Å². The molecule has 0 saturated heterocycles. The first-order valence-corrected chi connectivity index (χ1v) is 7.27. The molecule has 1 aromatic rings. The van der Waals surface area contributed by atoms with Gasteiger partial charge in [0, 0.05) is 13.7 Å². The molecule has 0 saturated carbocycles. The molecule has 0 bridgehead atoms. The van der Waals surface area contributed by atoms with Crippen LogP contribution in [0, 0.1) is 0 Å². The van der Waals surface area contributed by atoms with Crippen LogP contribution in [0.5, 0.6) is 5.75 Å². The molecule has 1 aliphatic rings. The van der Waals surface area contributed by atoms with Crippen LogP contribution in [0.1, 0.15) is 30.7 Å². The predicted molar refractivity (Wildman–Crippen MR) is 77.2 cm³/mol. The largest absolute Gasteiger partial charge is 0.493 e. The number of methoxy groups -OCH3 is 1. The van der Waals surface area contributed by atoms with Crippen LogP contribution in [0.4, 0.5) is 0 Å². The van der Waals surface area contributed by atoms with Crippen molar-refractivity contribution in [1.29, 1.82) is 0 Å². The summed E-state index contributed by atoms with van der Waals surface area (Å²) in [7, 11) is 1.65. The average molecular weight is 280 g/mol. The van der Waals surface area contributed by atoms with Gasteiger partial charge in [0.1, 0.15) is 5.75 Å². The van der Waals surface area contributed by atoms with Gasteiger partial charge in [-0.2, -0.15) is 0 Å². The second-order valence-electron chi connectivity index (χ2n) is 5.16. The highest BCUT2D eigenvalue weighted by molar-refractivity contribution is 5.37. The molecule has 2 atom stereocenters. The minimum absolute atomic E-state index is 0.325. The summed E-state index contributed by atoms with van der Waals surface area (Å²) in [5, 5.41) is 10.1. The molecule has 1 heterocycles. The molecule has 4 nitrogen and oxygen atoms in total. The second-order valence-corrected chi connectivity index (χ2v) is 5.16. The zero-order valence-electron chi connectivity index (χ0n) is 12.1. The fourth-order valence-corrected chi connectivity index (χ4v) is 2.57. The van der Waals surface area contributed by atoms with Gasteiger partial charge in [-0.05, 0) is 36.8 Å². The molecule has 1 N–H and O–H groups in total. The van der Waals surface area contributed by atoms with Crippen LogP contribution in [0.2, 0.25) is 0 Å². The number of para-hydroxylation sites is 1. The molecule has 112 valence electrons. The summed E-state index contributed by atoms with van der Waals surface area (Å²) < 4.78 is 15.9. The molecule has 4 heteroatoms. The van der Waals surface area contributed by atoms with E-state index in [0.717, 1.165) is 25.2 Å². The van der Waals surface area contributed by atoms with Gasteiger partial charge in [-0.3, -0.25) is 0 Å². The summed E-state index contributed by atoms with van der Waals surface area (Å²) in [6.45, 7) is 2.50. The molecule has 2 unspecified atom stereocenters. The second kappa shape index (κ2) is 8.25. The zero-order chi connectivity index (χ0) is 14.2. The highest BCUT2D eigenvalue weighted by Gasteiger charge is 2.23. The van der Waals surface area contributed by atoms with Crippen molar-refractivity contribution in [3.05, 3.63) is 29.8 Å². The molecule has 0 aromatic heterocycles. The smallest absolute Gasteiger partial charge is 0.122 e. The molecule has 0 spiro atoms. The number of hydrogen-bond acceptors (Lipinski definition) is 4. The lowest BCUT2D eigenvalue weighted by Crippen LogP contribution is -2.20. The molecule has 0 amide bonds. The quantitative estimate of drug-likeness (QED) is 0.743. The van der Waals surface area contributed by atoms with Crippen LogP contribution in [0.3, 0.4) is 0 Å². The Hall–Kier alpha value is -1.10. The molecule has 2 rings (SSSR count). The summed E-state index contributed by atoms with van der Waals surface area (Å²) >= 11 is 0. The maximum absolute atomic E-state index is 10.1. The lowest BCUT2D eigenvalue weighted by atomic mass is 9.88. The Labute approximate surface area is 120 Å². The number of hydrogen-bond donors (Lipinski definition) is 1.